The average molecular weight is 378 g/mol. The molecule has 1 atom stereocenters. The van der Waals surface area contributed by atoms with Crippen molar-refractivity contribution in [3.63, 3.8) is 0 Å². The fraction of sp³-hybridized carbons (Fsp3) is 0.667. The summed E-state index contributed by atoms with van der Waals surface area (Å²) in [7, 11) is 0. The lowest BCUT2D eigenvalue weighted by molar-refractivity contribution is 0.0945. The van der Waals surface area contributed by atoms with Crippen LogP contribution in [0.4, 0.5) is 5.82 Å². The van der Waals surface area contributed by atoms with Gasteiger partial charge in [-0.15, -0.1) is 0 Å². The van der Waals surface area contributed by atoms with E-state index in [1.54, 1.807) is 0 Å². The molecule has 0 saturated carbocycles. The maximum atomic E-state index is 6.20. The van der Waals surface area contributed by atoms with Crippen LogP contribution in [0.1, 0.15) is 18.6 Å². The number of hydrogen-bond acceptors (Lipinski definition) is 7. The van der Waals surface area contributed by atoms with Gasteiger partial charge in [-0.05, 0) is 31.0 Å². The summed E-state index contributed by atoms with van der Waals surface area (Å²) in [5, 5.41) is 0.269. The van der Waals surface area contributed by atoms with Crippen LogP contribution in [-0.4, -0.2) is 78.3 Å². The zero-order valence-corrected chi connectivity index (χ0v) is 15.6. The summed E-state index contributed by atoms with van der Waals surface area (Å²) in [4.78, 5) is 16.1. The van der Waals surface area contributed by atoms with Crippen LogP contribution in [0.2, 0.25) is 5.28 Å². The monoisotopic (exact) mass is 377 g/mol. The molecule has 7 nitrogen and oxygen atoms in total. The minimum Gasteiger partial charge on any atom is -0.454 e. The number of hydrogen-bond donors (Lipinski definition) is 0. The Morgan fingerprint density at radius 3 is 2.88 bits per heavy atom. The summed E-state index contributed by atoms with van der Waals surface area (Å²) in [5.74, 6) is 1.73. The quantitative estimate of drug-likeness (QED) is 0.758. The third-order valence-electron chi connectivity index (χ3n) is 5.74. The number of rotatable bonds is 3. The van der Waals surface area contributed by atoms with Crippen molar-refractivity contribution in [2.75, 3.05) is 57.4 Å². The average Bonchev–Trinajstić information content (AvgIpc) is 3.27. The highest BCUT2D eigenvalue weighted by atomic mass is 35.5. The lowest BCUT2D eigenvalue weighted by Gasteiger charge is -2.37. The molecule has 3 saturated heterocycles. The lowest BCUT2D eigenvalue weighted by Crippen LogP contribution is -2.49. The molecular formula is C18H24ClN5O2. The number of piperazine rings is 1. The number of halogens is 1. The molecule has 0 radical (unpaired) electrons. The second-order valence-corrected chi connectivity index (χ2v) is 7.75. The van der Waals surface area contributed by atoms with Gasteiger partial charge in [-0.1, -0.05) is 0 Å². The zero-order chi connectivity index (χ0) is 17.5. The highest BCUT2D eigenvalue weighted by Crippen LogP contribution is 2.30. The Kier molecular flexibility index (Phi) is 4.48. The van der Waals surface area contributed by atoms with E-state index >= 15 is 0 Å². The van der Waals surface area contributed by atoms with Crippen LogP contribution in [-0.2, 0) is 11.3 Å². The summed E-state index contributed by atoms with van der Waals surface area (Å²) in [5.41, 5.74) is 1.53. The standard InChI is InChI=1S/C18H24ClN5O2/c19-18-20-15-10-14(12-22-4-5-23-3-1-2-13(23)11-22)26-16(15)17(21-18)24-6-8-25-9-7-24/h10,13H,1-9,11-12H2/t13-/m0/s1. The van der Waals surface area contributed by atoms with Crippen molar-refractivity contribution in [1.29, 1.82) is 0 Å². The normalized spacial score (nSPS) is 25.1. The summed E-state index contributed by atoms with van der Waals surface area (Å²) < 4.78 is 11.6. The molecule has 26 heavy (non-hydrogen) atoms. The third-order valence-corrected chi connectivity index (χ3v) is 5.91. The van der Waals surface area contributed by atoms with Crippen molar-refractivity contribution >= 4 is 28.5 Å². The molecule has 3 fully saturated rings. The van der Waals surface area contributed by atoms with E-state index < -0.39 is 0 Å². The van der Waals surface area contributed by atoms with Crippen molar-refractivity contribution in [3.8, 4) is 0 Å². The molecule has 0 spiro atoms. The number of aromatic nitrogens is 2. The second-order valence-electron chi connectivity index (χ2n) is 7.41. The minimum atomic E-state index is 0.269. The van der Waals surface area contributed by atoms with E-state index in [2.05, 4.69) is 24.7 Å². The van der Waals surface area contributed by atoms with Gasteiger partial charge in [-0.25, -0.2) is 4.98 Å². The first-order chi connectivity index (χ1) is 12.8. The van der Waals surface area contributed by atoms with E-state index in [4.69, 9.17) is 20.8 Å². The van der Waals surface area contributed by atoms with Gasteiger partial charge in [0.1, 0.15) is 11.3 Å². The Labute approximate surface area is 157 Å². The third kappa shape index (κ3) is 3.17. The Balaban J connectivity index is 1.39. The van der Waals surface area contributed by atoms with Gasteiger partial charge in [0.2, 0.25) is 5.28 Å². The molecule has 0 aromatic carbocycles. The summed E-state index contributed by atoms with van der Waals surface area (Å²) in [6.45, 7) is 8.45. The van der Waals surface area contributed by atoms with E-state index in [0.29, 0.717) is 19.3 Å². The van der Waals surface area contributed by atoms with Crippen LogP contribution in [0.15, 0.2) is 10.5 Å². The molecule has 8 heteroatoms. The Morgan fingerprint density at radius 1 is 1.12 bits per heavy atom. The Bertz CT molecular complexity index is 791. The largest absolute Gasteiger partial charge is 0.454 e. The molecule has 3 aliphatic heterocycles. The van der Waals surface area contributed by atoms with Crippen LogP contribution in [0, 0.1) is 0 Å². The maximum absolute atomic E-state index is 6.20. The Morgan fingerprint density at radius 2 is 2.00 bits per heavy atom. The van der Waals surface area contributed by atoms with E-state index in [-0.39, 0.29) is 5.28 Å². The van der Waals surface area contributed by atoms with Gasteiger partial charge in [0.15, 0.2) is 11.4 Å². The van der Waals surface area contributed by atoms with E-state index in [0.717, 1.165) is 61.9 Å². The van der Waals surface area contributed by atoms with Gasteiger partial charge in [0.25, 0.3) is 0 Å². The van der Waals surface area contributed by atoms with Gasteiger partial charge in [-0.2, -0.15) is 4.98 Å². The SMILES string of the molecule is Clc1nc(N2CCOCC2)c2oc(CN3CCN4CCC[C@H]4C3)cc2n1. The first-order valence-electron chi connectivity index (χ1n) is 9.51. The lowest BCUT2D eigenvalue weighted by atomic mass is 10.1. The maximum Gasteiger partial charge on any atom is 0.225 e. The fourth-order valence-electron chi connectivity index (χ4n) is 4.42. The molecule has 140 valence electrons. The number of fused-ring (bicyclic) bond motifs is 2. The predicted octanol–water partition coefficient (Wildman–Crippen LogP) is 1.99. The molecule has 0 unspecified atom stereocenters. The molecule has 2 aromatic heterocycles. The highest BCUT2D eigenvalue weighted by molar-refractivity contribution is 6.28. The van der Waals surface area contributed by atoms with Gasteiger partial charge in [0.05, 0.1) is 19.8 Å². The zero-order valence-electron chi connectivity index (χ0n) is 14.9. The topological polar surface area (TPSA) is 57.9 Å². The fourth-order valence-corrected chi connectivity index (χ4v) is 4.59. The van der Waals surface area contributed by atoms with Crippen molar-refractivity contribution in [2.24, 2.45) is 0 Å². The molecule has 2 aromatic rings. The second kappa shape index (κ2) is 6.96. The van der Waals surface area contributed by atoms with Crippen molar-refractivity contribution in [2.45, 2.75) is 25.4 Å². The molecule has 0 amide bonds. The van der Waals surface area contributed by atoms with Crippen LogP contribution in [0.5, 0.6) is 0 Å². The van der Waals surface area contributed by atoms with E-state index in [1.165, 1.54) is 19.4 Å². The van der Waals surface area contributed by atoms with Crippen molar-refractivity contribution in [3.05, 3.63) is 17.1 Å². The van der Waals surface area contributed by atoms with Gasteiger partial charge >= 0.3 is 0 Å². The summed E-state index contributed by atoms with van der Waals surface area (Å²) in [6, 6.07) is 2.74. The van der Waals surface area contributed by atoms with Gasteiger partial charge < -0.3 is 14.1 Å². The van der Waals surface area contributed by atoms with Gasteiger partial charge in [-0.3, -0.25) is 9.80 Å². The van der Waals surface area contributed by atoms with Crippen LogP contribution >= 0.6 is 11.6 Å². The molecule has 0 N–H and O–H groups in total. The van der Waals surface area contributed by atoms with E-state index in [1.807, 2.05) is 6.07 Å². The van der Waals surface area contributed by atoms with Gasteiger partial charge in [0, 0.05) is 44.8 Å². The van der Waals surface area contributed by atoms with Crippen molar-refractivity contribution < 1.29 is 9.15 Å². The number of furan rings is 1. The Hall–Kier alpha value is -1.41. The molecule has 0 bridgehead atoms. The number of nitrogens with zero attached hydrogens (tertiary/aromatic N) is 5. The van der Waals surface area contributed by atoms with Crippen LogP contribution in [0.3, 0.4) is 0 Å². The number of anilines is 1. The molecule has 5 rings (SSSR count). The molecule has 5 heterocycles. The molecular weight excluding hydrogens is 354 g/mol. The smallest absolute Gasteiger partial charge is 0.225 e. The highest BCUT2D eigenvalue weighted by Gasteiger charge is 2.31. The van der Waals surface area contributed by atoms with Crippen molar-refractivity contribution in [1.82, 2.24) is 19.8 Å². The first-order valence-corrected chi connectivity index (χ1v) is 9.89. The predicted molar refractivity (Wildman–Crippen MR) is 99.7 cm³/mol. The minimum absolute atomic E-state index is 0.269. The number of ether oxygens (including phenoxy) is 1. The summed E-state index contributed by atoms with van der Waals surface area (Å²) >= 11 is 6.17. The number of morpholine rings is 1. The summed E-state index contributed by atoms with van der Waals surface area (Å²) in [6.07, 6.45) is 2.65. The van der Waals surface area contributed by atoms with E-state index in [9.17, 15) is 0 Å². The molecule has 3 aliphatic rings. The first kappa shape index (κ1) is 16.7. The van der Waals surface area contributed by atoms with Crippen LogP contribution in [0.25, 0.3) is 11.1 Å². The molecule has 0 aliphatic carbocycles. The van der Waals surface area contributed by atoms with Crippen LogP contribution < -0.4 is 4.90 Å².